The van der Waals surface area contributed by atoms with Gasteiger partial charge in [0, 0.05) is 43.9 Å². The molecule has 0 saturated carbocycles. The Bertz CT molecular complexity index is 696. The number of nitro benzene ring substituents is 1. The summed E-state index contributed by atoms with van der Waals surface area (Å²) in [4.78, 5) is 30.5. The van der Waals surface area contributed by atoms with Crippen molar-refractivity contribution in [1.29, 1.82) is 0 Å². The number of nitrogens with zero attached hydrogens (tertiary/aromatic N) is 4. The van der Waals surface area contributed by atoms with Crippen LogP contribution in [0, 0.1) is 10.1 Å². The molecule has 3 aliphatic heterocycles. The number of likely N-dealkylation sites (tertiary alicyclic amines) is 2. The van der Waals surface area contributed by atoms with Crippen LogP contribution in [0.25, 0.3) is 0 Å². The first kappa shape index (κ1) is 17.3. The molecular weight excluding hydrogens is 332 g/mol. The second kappa shape index (κ2) is 7.23. The van der Waals surface area contributed by atoms with Gasteiger partial charge in [0.25, 0.3) is 11.6 Å². The van der Waals surface area contributed by atoms with Crippen molar-refractivity contribution >= 4 is 17.3 Å². The highest BCUT2D eigenvalue weighted by Gasteiger charge is 2.33. The maximum absolute atomic E-state index is 12.9. The van der Waals surface area contributed by atoms with Gasteiger partial charge in [0.2, 0.25) is 0 Å². The van der Waals surface area contributed by atoms with Crippen LogP contribution in [0.3, 0.4) is 0 Å². The van der Waals surface area contributed by atoms with E-state index >= 15 is 0 Å². The van der Waals surface area contributed by atoms with Crippen molar-refractivity contribution < 1.29 is 9.72 Å². The molecule has 7 heteroatoms. The Kier molecular flexibility index (Phi) is 4.80. The van der Waals surface area contributed by atoms with E-state index in [0.29, 0.717) is 17.3 Å². The molecule has 0 spiro atoms. The third kappa shape index (κ3) is 3.28. The van der Waals surface area contributed by atoms with E-state index in [0.717, 1.165) is 58.5 Å². The van der Waals surface area contributed by atoms with E-state index in [1.165, 1.54) is 18.9 Å². The lowest BCUT2D eigenvalue weighted by Gasteiger charge is -2.24. The van der Waals surface area contributed by atoms with Gasteiger partial charge >= 0.3 is 0 Å². The Morgan fingerprint density at radius 1 is 1.04 bits per heavy atom. The molecule has 7 nitrogen and oxygen atoms in total. The fourth-order valence-electron chi connectivity index (χ4n) is 4.54. The van der Waals surface area contributed by atoms with Crippen LogP contribution in [-0.4, -0.2) is 65.9 Å². The molecule has 3 heterocycles. The number of hydrogen-bond acceptors (Lipinski definition) is 5. The molecular formula is C19H26N4O3. The Balaban J connectivity index is 1.50. The molecule has 1 aromatic rings. The number of amides is 1. The monoisotopic (exact) mass is 358 g/mol. The highest BCUT2D eigenvalue weighted by Crippen LogP contribution is 2.32. The summed E-state index contributed by atoms with van der Waals surface area (Å²) in [7, 11) is 0. The predicted molar refractivity (Wildman–Crippen MR) is 99.7 cm³/mol. The van der Waals surface area contributed by atoms with Crippen molar-refractivity contribution in [2.24, 2.45) is 0 Å². The fourth-order valence-corrected chi connectivity index (χ4v) is 4.54. The van der Waals surface area contributed by atoms with Gasteiger partial charge in [-0.05, 0) is 57.3 Å². The van der Waals surface area contributed by atoms with Crippen molar-refractivity contribution in [1.82, 2.24) is 9.80 Å². The number of carbonyl (C=O) groups excluding carboxylic acids is 1. The lowest BCUT2D eigenvalue weighted by Crippen LogP contribution is -2.37. The van der Waals surface area contributed by atoms with Crippen molar-refractivity contribution in [2.75, 3.05) is 44.2 Å². The normalized spacial score (nSPS) is 23.8. The molecule has 0 radical (unpaired) electrons. The maximum Gasteiger partial charge on any atom is 0.293 e. The smallest absolute Gasteiger partial charge is 0.293 e. The average molecular weight is 358 g/mol. The minimum Gasteiger partial charge on any atom is -0.366 e. The summed E-state index contributed by atoms with van der Waals surface area (Å²) in [6, 6.07) is 5.43. The number of carbonyl (C=O) groups is 1. The summed E-state index contributed by atoms with van der Waals surface area (Å²) in [6.07, 6.45) is 5.61. The molecule has 1 atom stereocenters. The Morgan fingerprint density at radius 3 is 2.42 bits per heavy atom. The van der Waals surface area contributed by atoms with Gasteiger partial charge in [0.05, 0.1) is 4.92 Å². The molecule has 1 unspecified atom stereocenters. The lowest BCUT2D eigenvalue weighted by molar-refractivity contribution is -0.384. The maximum atomic E-state index is 12.9. The van der Waals surface area contributed by atoms with Crippen molar-refractivity contribution in [3.05, 3.63) is 33.9 Å². The third-order valence-electron chi connectivity index (χ3n) is 5.97. The van der Waals surface area contributed by atoms with Crippen LogP contribution in [0.4, 0.5) is 11.4 Å². The van der Waals surface area contributed by atoms with Crippen LogP contribution in [0.5, 0.6) is 0 Å². The van der Waals surface area contributed by atoms with Crippen LogP contribution in [0.2, 0.25) is 0 Å². The number of benzene rings is 1. The highest BCUT2D eigenvalue weighted by molar-refractivity contribution is 5.96. The van der Waals surface area contributed by atoms with Crippen molar-refractivity contribution in [3.63, 3.8) is 0 Å². The van der Waals surface area contributed by atoms with Gasteiger partial charge in [-0.1, -0.05) is 0 Å². The standard InChI is InChI=1S/C19H26N4O3/c24-19(22-12-7-16(14-22)20-8-1-2-9-20)15-5-6-17(18(13-15)23(25)26)21-10-3-4-11-21/h5-6,13,16H,1-4,7-12,14H2. The summed E-state index contributed by atoms with van der Waals surface area (Å²) in [6.45, 7) is 5.42. The largest absolute Gasteiger partial charge is 0.366 e. The summed E-state index contributed by atoms with van der Waals surface area (Å²) in [5.74, 6) is -0.0808. The third-order valence-corrected chi connectivity index (χ3v) is 5.97. The first-order valence-electron chi connectivity index (χ1n) is 9.70. The van der Waals surface area contributed by atoms with E-state index in [2.05, 4.69) is 4.90 Å². The molecule has 26 heavy (non-hydrogen) atoms. The zero-order valence-corrected chi connectivity index (χ0v) is 15.1. The van der Waals surface area contributed by atoms with Gasteiger partial charge < -0.3 is 9.80 Å². The second-order valence-electron chi connectivity index (χ2n) is 7.59. The van der Waals surface area contributed by atoms with Gasteiger partial charge in [-0.3, -0.25) is 19.8 Å². The van der Waals surface area contributed by atoms with Crippen LogP contribution >= 0.6 is 0 Å². The molecule has 0 bridgehead atoms. The van der Waals surface area contributed by atoms with Crippen LogP contribution in [0.1, 0.15) is 42.5 Å². The Hall–Kier alpha value is -2.15. The molecule has 4 rings (SSSR count). The van der Waals surface area contributed by atoms with Crippen LogP contribution < -0.4 is 4.90 Å². The molecule has 3 saturated heterocycles. The number of nitro groups is 1. The summed E-state index contributed by atoms with van der Waals surface area (Å²) in [5.41, 5.74) is 1.12. The predicted octanol–water partition coefficient (Wildman–Crippen LogP) is 2.51. The minimum absolute atomic E-state index is 0.0491. The molecule has 0 aliphatic carbocycles. The topological polar surface area (TPSA) is 69.9 Å². The summed E-state index contributed by atoms with van der Waals surface area (Å²) < 4.78 is 0. The van der Waals surface area contributed by atoms with E-state index in [1.807, 2.05) is 9.80 Å². The molecule has 140 valence electrons. The first-order chi connectivity index (χ1) is 12.6. The average Bonchev–Trinajstić information content (AvgIpc) is 3.42. The van der Waals surface area contributed by atoms with Gasteiger partial charge in [-0.15, -0.1) is 0 Å². The van der Waals surface area contributed by atoms with Gasteiger partial charge in [-0.25, -0.2) is 0 Å². The molecule has 0 aromatic heterocycles. The number of rotatable bonds is 4. The first-order valence-corrected chi connectivity index (χ1v) is 9.70. The minimum atomic E-state index is -0.360. The highest BCUT2D eigenvalue weighted by atomic mass is 16.6. The number of anilines is 1. The SMILES string of the molecule is O=C(c1ccc(N2CCCC2)c([N+](=O)[O-])c1)N1CCC(N2CCCC2)C1. The van der Waals surface area contributed by atoms with Crippen LogP contribution in [-0.2, 0) is 0 Å². The van der Waals surface area contributed by atoms with Gasteiger partial charge in [-0.2, -0.15) is 0 Å². The molecule has 3 aliphatic rings. The lowest BCUT2D eigenvalue weighted by atomic mass is 10.1. The van der Waals surface area contributed by atoms with E-state index in [9.17, 15) is 14.9 Å². The molecule has 1 amide bonds. The quantitative estimate of drug-likeness (QED) is 0.611. The molecule has 1 aromatic carbocycles. The fraction of sp³-hybridized carbons (Fsp3) is 0.632. The van der Waals surface area contributed by atoms with Crippen molar-refractivity contribution in [3.8, 4) is 0 Å². The van der Waals surface area contributed by atoms with Gasteiger partial charge in [0.1, 0.15) is 5.69 Å². The van der Waals surface area contributed by atoms with E-state index in [1.54, 1.807) is 12.1 Å². The zero-order valence-electron chi connectivity index (χ0n) is 15.1. The van der Waals surface area contributed by atoms with E-state index in [4.69, 9.17) is 0 Å². The number of hydrogen-bond donors (Lipinski definition) is 0. The van der Waals surface area contributed by atoms with Gasteiger partial charge in [0.15, 0.2) is 0 Å². The zero-order chi connectivity index (χ0) is 18.1. The molecule has 3 fully saturated rings. The van der Waals surface area contributed by atoms with Crippen molar-refractivity contribution in [2.45, 2.75) is 38.1 Å². The Labute approximate surface area is 153 Å². The second-order valence-corrected chi connectivity index (χ2v) is 7.59. The molecule has 0 N–H and O–H groups in total. The summed E-state index contributed by atoms with van der Waals surface area (Å²) in [5, 5.41) is 11.5. The summed E-state index contributed by atoms with van der Waals surface area (Å²) >= 11 is 0. The van der Waals surface area contributed by atoms with E-state index < -0.39 is 0 Å². The van der Waals surface area contributed by atoms with E-state index in [-0.39, 0.29) is 16.5 Å². The van der Waals surface area contributed by atoms with Crippen LogP contribution in [0.15, 0.2) is 18.2 Å². The Morgan fingerprint density at radius 2 is 1.73 bits per heavy atom.